The Morgan fingerprint density at radius 2 is 1.77 bits per heavy atom. The minimum atomic E-state index is -3.66. The van der Waals surface area contributed by atoms with Gasteiger partial charge < -0.3 is 10.1 Å². The maximum absolute atomic E-state index is 12.3. The van der Waals surface area contributed by atoms with E-state index >= 15 is 0 Å². The number of hydrogen-bond acceptors (Lipinski definition) is 5. The van der Waals surface area contributed by atoms with Crippen LogP contribution in [-0.2, 0) is 14.6 Å². The first-order valence-corrected chi connectivity index (χ1v) is 9.73. The summed E-state index contributed by atoms with van der Waals surface area (Å²) < 4.78 is 29.7. The van der Waals surface area contributed by atoms with Gasteiger partial charge in [-0.25, -0.2) is 8.42 Å². The van der Waals surface area contributed by atoms with Gasteiger partial charge in [-0.3, -0.25) is 9.59 Å². The molecule has 0 saturated heterocycles. The molecule has 0 unspecified atom stereocenters. The van der Waals surface area contributed by atoms with Gasteiger partial charge in [0.15, 0.2) is 15.6 Å². The highest BCUT2D eigenvalue weighted by Gasteiger charge is 2.18. The molecule has 0 aliphatic heterocycles. The first-order chi connectivity index (χ1) is 12.2. The fourth-order valence-corrected chi connectivity index (χ4v) is 3.78. The maximum atomic E-state index is 12.3. The van der Waals surface area contributed by atoms with Crippen LogP contribution in [0.1, 0.15) is 23.7 Å². The molecule has 0 spiro atoms. The summed E-state index contributed by atoms with van der Waals surface area (Å²) in [5.41, 5.74) is 1.02. The van der Waals surface area contributed by atoms with Gasteiger partial charge in [-0.15, -0.1) is 0 Å². The summed E-state index contributed by atoms with van der Waals surface area (Å²) in [5, 5.41) is 2.78. The number of Topliss-reactive ketones (excluding diaryl/α,β-unsaturated/α-hetero) is 1. The molecule has 1 N–H and O–H groups in total. The maximum Gasteiger partial charge on any atom is 0.225 e. The molecule has 0 aliphatic carbocycles. The Kier molecular flexibility index (Phi) is 6.39. The van der Waals surface area contributed by atoms with Gasteiger partial charge in [0, 0.05) is 17.7 Å². The van der Waals surface area contributed by atoms with E-state index in [-0.39, 0.29) is 27.9 Å². The fraction of sp³-hybridized carbons (Fsp3) is 0.222. The number of anilines is 1. The number of carbonyl (C=O) groups excluding carboxylic acids is 2. The number of sulfone groups is 1. The number of halogens is 1. The summed E-state index contributed by atoms with van der Waals surface area (Å²) in [7, 11) is -2.23. The summed E-state index contributed by atoms with van der Waals surface area (Å²) >= 11 is 5.95. The van der Waals surface area contributed by atoms with E-state index in [1.165, 1.54) is 32.2 Å². The summed E-state index contributed by atoms with van der Waals surface area (Å²) in [6.45, 7) is 1.45. The lowest BCUT2D eigenvalue weighted by atomic mass is 10.1. The van der Waals surface area contributed by atoms with Crippen LogP contribution in [0.25, 0.3) is 0 Å². The summed E-state index contributed by atoms with van der Waals surface area (Å²) in [6.07, 6.45) is -0.208. The molecule has 1 amide bonds. The monoisotopic (exact) mass is 395 g/mol. The van der Waals surface area contributed by atoms with Crippen LogP contribution in [0.5, 0.6) is 5.75 Å². The summed E-state index contributed by atoms with van der Waals surface area (Å²) in [4.78, 5) is 23.2. The fourth-order valence-electron chi connectivity index (χ4n) is 2.20. The van der Waals surface area contributed by atoms with Crippen molar-refractivity contribution >= 4 is 38.8 Å². The van der Waals surface area contributed by atoms with Crippen molar-refractivity contribution in [1.29, 1.82) is 0 Å². The van der Waals surface area contributed by atoms with Gasteiger partial charge in [0.1, 0.15) is 5.75 Å². The molecule has 0 aliphatic rings. The molecule has 0 bridgehead atoms. The van der Waals surface area contributed by atoms with E-state index in [1.807, 2.05) is 0 Å². The molecule has 138 valence electrons. The zero-order chi connectivity index (χ0) is 19.3. The van der Waals surface area contributed by atoms with E-state index < -0.39 is 15.7 Å². The number of methoxy groups -OCH3 is 1. The number of nitrogens with one attached hydrogen (secondary N) is 1. The Labute approximate surface area is 157 Å². The standard InChI is InChI=1S/C18H18ClNO5S/c1-12(21)13-3-5-14(6-4-13)20-18(22)9-10-26(23,24)15-7-8-17(25-2)16(19)11-15/h3-8,11H,9-10H2,1-2H3,(H,20,22). The molecule has 0 fully saturated rings. The minimum Gasteiger partial charge on any atom is -0.495 e. The van der Waals surface area contributed by atoms with E-state index in [1.54, 1.807) is 24.3 Å². The molecular weight excluding hydrogens is 378 g/mol. The van der Waals surface area contributed by atoms with Gasteiger partial charge in [0.2, 0.25) is 5.91 Å². The Bertz CT molecular complexity index is 923. The van der Waals surface area contributed by atoms with Crippen LogP contribution >= 0.6 is 11.6 Å². The van der Waals surface area contributed by atoms with Gasteiger partial charge in [-0.2, -0.15) is 0 Å². The van der Waals surface area contributed by atoms with Crippen molar-refractivity contribution in [1.82, 2.24) is 0 Å². The molecule has 0 aromatic heterocycles. The van der Waals surface area contributed by atoms with E-state index in [0.29, 0.717) is 17.0 Å². The Balaban J connectivity index is 1.99. The van der Waals surface area contributed by atoms with Gasteiger partial charge >= 0.3 is 0 Å². The summed E-state index contributed by atoms with van der Waals surface area (Å²) in [6, 6.07) is 10.5. The predicted octanol–water partition coefficient (Wildman–Crippen LogP) is 3.35. The third-order valence-electron chi connectivity index (χ3n) is 3.66. The van der Waals surface area contributed by atoms with E-state index in [9.17, 15) is 18.0 Å². The van der Waals surface area contributed by atoms with E-state index in [2.05, 4.69) is 5.32 Å². The quantitative estimate of drug-likeness (QED) is 0.726. The molecule has 2 aromatic carbocycles. The Morgan fingerprint density at radius 3 is 2.31 bits per heavy atom. The summed E-state index contributed by atoms with van der Waals surface area (Å²) in [5.74, 6) is -0.499. The minimum absolute atomic E-state index is 0.0295. The zero-order valence-electron chi connectivity index (χ0n) is 14.3. The number of ketones is 1. The van der Waals surface area contributed by atoms with Crippen LogP contribution in [0.3, 0.4) is 0 Å². The number of hydrogen-bond donors (Lipinski definition) is 1. The number of carbonyl (C=O) groups is 2. The molecule has 0 heterocycles. The number of rotatable bonds is 7. The topological polar surface area (TPSA) is 89.5 Å². The van der Waals surface area contributed by atoms with E-state index in [4.69, 9.17) is 16.3 Å². The average molecular weight is 396 g/mol. The van der Waals surface area contributed by atoms with Crippen LogP contribution in [0.4, 0.5) is 5.69 Å². The van der Waals surface area contributed by atoms with Gasteiger partial charge in [-0.1, -0.05) is 11.6 Å². The molecule has 0 radical (unpaired) electrons. The zero-order valence-corrected chi connectivity index (χ0v) is 15.9. The van der Waals surface area contributed by atoms with Gasteiger partial charge in [-0.05, 0) is 49.4 Å². The molecule has 0 atom stereocenters. The van der Waals surface area contributed by atoms with Gasteiger partial charge in [0.25, 0.3) is 0 Å². The molecule has 0 saturated carbocycles. The predicted molar refractivity (Wildman–Crippen MR) is 99.8 cm³/mol. The Hall–Kier alpha value is -2.38. The first-order valence-electron chi connectivity index (χ1n) is 7.70. The highest BCUT2D eigenvalue weighted by molar-refractivity contribution is 7.91. The number of benzene rings is 2. The van der Waals surface area contributed by atoms with Crippen molar-refractivity contribution in [2.24, 2.45) is 0 Å². The van der Waals surface area contributed by atoms with Crippen LogP contribution in [0.15, 0.2) is 47.4 Å². The molecule has 2 rings (SSSR count). The smallest absolute Gasteiger partial charge is 0.225 e. The molecule has 6 nitrogen and oxygen atoms in total. The van der Waals surface area contributed by atoms with Crippen molar-refractivity contribution in [3.8, 4) is 5.75 Å². The van der Waals surface area contributed by atoms with E-state index in [0.717, 1.165) is 0 Å². The molecular formula is C18H18ClNO5S. The largest absolute Gasteiger partial charge is 0.495 e. The average Bonchev–Trinajstić information content (AvgIpc) is 2.60. The molecule has 26 heavy (non-hydrogen) atoms. The lowest BCUT2D eigenvalue weighted by molar-refractivity contribution is -0.115. The molecule has 8 heteroatoms. The highest BCUT2D eigenvalue weighted by Crippen LogP contribution is 2.27. The second-order valence-corrected chi connectivity index (χ2v) is 8.06. The van der Waals surface area contributed by atoms with Crippen LogP contribution < -0.4 is 10.1 Å². The van der Waals surface area contributed by atoms with Crippen molar-refractivity contribution in [2.45, 2.75) is 18.2 Å². The normalized spacial score (nSPS) is 11.0. The third-order valence-corrected chi connectivity index (χ3v) is 5.66. The second-order valence-electron chi connectivity index (χ2n) is 5.55. The van der Waals surface area contributed by atoms with Crippen LogP contribution in [0, 0.1) is 0 Å². The molecule has 2 aromatic rings. The third kappa shape index (κ3) is 5.06. The lowest BCUT2D eigenvalue weighted by Gasteiger charge is -2.08. The number of amides is 1. The highest BCUT2D eigenvalue weighted by atomic mass is 35.5. The van der Waals surface area contributed by atoms with Crippen LogP contribution in [-0.4, -0.2) is 33.0 Å². The van der Waals surface area contributed by atoms with Gasteiger partial charge in [0.05, 0.1) is 22.8 Å². The Morgan fingerprint density at radius 1 is 1.12 bits per heavy atom. The van der Waals surface area contributed by atoms with Crippen molar-refractivity contribution in [3.63, 3.8) is 0 Å². The van der Waals surface area contributed by atoms with Crippen molar-refractivity contribution in [2.75, 3.05) is 18.2 Å². The first kappa shape index (κ1) is 19.9. The number of ether oxygens (including phenoxy) is 1. The lowest BCUT2D eigenvalue weighted by Crippen LogP contribution is -2.17. The SMILES string of the molecule is COc1ccc(S(=O)(=O)CCC(=O)Nc2ccc(C(C)=O)cc2)cc1Cl. The van der Waals surface area contributed by atoms with Crippen molar-refractivity contribution in [3.05, 3.63) is 53.1 Å². The van der Waals surface area contributed by atoms with Crippen LogP contribution in [0.2, 0.25) is 5.02 Å². The van der Waals surface area contributed by atoms with Crippen molar-refractivity contribution < 1.29 is 22.7 Å². The second kappa shape index (κ2) is 8.33.